The number of benzene rings is 1. The summed E-state index contributed by atoms with van der Waals surface area (Å²) in [4.78, 5) is 10.2. The molecular weight excluding hydrogens is 262 g/mol. The van der Waals surface area contributed by atoms with Gasteiger partial charge in [-0.1, -0.05) is 6.07 Å². The lowest BCUT2D eigenvalue weighted by molar-refractivity contribution is -0.142. The SMILES string of the molecule is O=C(O)COCc1nnc(-c2cccc(F)c2F)o1. The molecule has 1 heterocycles. The first kappa shape index (κ1) is 13.1. The van der Waals surface area contributed by atoms with Crippen LogP contribution in [0.1, 0.15) is 5.89 Å². The van der Waals surface area contributed by atoms with Crippen molar-refractivity contribution in [2.45, 2.75) is 6.61 Å². The summed E-state index contributed by atoms with van der Waals surface area (Å²) in [6.45, 7) is -0.748. The maximum absolute atomic E-state index is 13.4. The zero-order valence-corrected chi connectivity index (χ0v) is 9.47. The third kappa shape index (κ3) is 3.10. The number of carbonyl (C=O) groups is 1. The van der Waals surface area contributed by atoms with E-state index in [9.17, 15) is 13.6 Å². The van der Waals surface area contributed by atoms with Crippen LogP contribution in [0.25, 0.3) is 11.5 Å². The molecule has 1 aromatic heterocycles. The molecule has 1 aromatic carbocycles. The van der Waals surface area contributed by atoms with Gasteiger partial charge in [0.1, 0.15) is 13.2 Å². The molecular formula is C11H8F2N2O4. The van der Waals surface area contributed by atoms with Gasteiger partial charge in [-0.2, -0.15) is 0 Å². The lowest BCUT2D eigenvalue weighted by Gasteiger charge is -1.98. The average Bonchev–Trinajstić information content (AvgIpc) is 2.81. The molecule has 2 aromatic rings. The Morgan fingerprint density at radius 3 is 2.89 bits per heavy atom. The molecule has 0 saturated heterocycles. The van der Waals surface area contributed by atoms with Gasteiger partial charge in [0.25, 0.3) is 5.89 Å². The van der Waals surface area contributed by atoms with Crippen LogP contribution in [0.15, 0.2) is 22.6 Å². The molecule has 8 heteroatoms. The first-order valence-corrected chi connectivity index (χ1v) is 5.14. The van der Waals surface area contributed by atoms with E-state index < -0.39 is 24.2 Å². The van der Waals surface area contributed by atoms with E-state index in [-0.39, 0.29) is 24.0 Å². The number of rotatable bonds is 5. The van der Waals surface area contributed by atoms with Gasteiger partial charge < -0.3 is 14.3 Å². The highest BCUT2D eigenvalue weighted by molar-refractivity contribution is 5.67. The summed E-state index contributed by atoms with van der Waals surface area (Å²) in [5.41, 5.74) is -0.169. The molecule has 0 bridgehead atoms. The number of aromatic nitrogens is 2. The minimum Gasteiger partial charge on any atom is -0.480 e. The molecule has 0 aliphatic heterocycles. The summed E-state index contributed by atoms with van der Waals surface area (Å²) < 4.78 is 36.2. The summed E-state index contributed by atoms with van der Waals surface area (Å²) in [7, 11) is 0. The topological polar surface area (TPSA) is 85.5 Å². The minimum absolute atomic E-state index is 0.0279. The van der Waals surface area contributed by atoms with E-state index in [1.54, 1.807) is 0 Å². The van der Waals surface area contributed by atoms with Crippen molar-refractivity contribution in [3.8, 4) is 11.5 Å². The van der Waals surface area contributed by atoms with E-state index in [1.165, 1.54) is 12.1 Å². The molecule has 0 aliphatic carbocycles. The van der Waals surface area contributed by atoms with Crippen molar-refractivity contribution in [1.29, 1.82) is 0 Å². The summed E-state index contributed by atoms with van der Waals surface area (Å²) in [6.07, 6.45) is 0. The van der Waals surface area contributed by atoms with Crippen LogP contribution in [0.2, 0.25) is 0 Å². The van der Waals surface area contributed by atoms with Gasteiger partial charge >= 0.3 is 5.97 Å². The molecule has 0 unspecified atom stereocenters. The van der Waals surface area contributed by atoms with Gasteiger partial charge in [-0.05, 0) is 12.1 Å². The summed E-state index contributed by atoms with van der Waals surface area (Å²) in [5.74, 6) is -3.50. The van der Waals surface area contributed by atoms with Crippen LogP contribution >= 0.6 is 0 Å². The number of ether oxygens (including phenoxy) is 1. The first-order chi connectivity index (χ1) is 9.08. The lowest BCUT2D eigenvalue weighted by Crippen LogP contribution is -2.06. The van der Waals surface area contributed by atoms with E-state index in [1.807, 2.05) is 0 Å². The maximum atomic E-state index is 13.4. The number of halogens is 2. The number of carboxylic acids is 1. The molecule has 0 atom stereocenters. The number of hydrogen-bond donors (Lipinski definition) is 1. The molecule has 2 rings (SSSR count). The second-order valence-corrected chi connectivity index (χ2v) is 3.49. The van der Waals surface area contributed by atoms with Gasteiger partial charge in [0.2, 0.25) is 5.89 Å². The van der Waals surface area contributed by atoms with Crippen LogP contribution in [0, 0.1) is 11.6 Å². The van der Waals surface area contributed by atoms with Crippen molar-refractivity contribution in [3.05, 3.63) is 35.7 Å². The van der Waals surface area contributed by atoms with Gasteiger partial charge in [0.15, 0.2) is 11.6 Å². The number of carboxylic acid groups (broad SMARTS) is 1. The molecule has 0 aliphatic rings. The Bertz CT molecular complexity index is 600. The third-order valence-corrected chi connectivity index (χ3v) is 2.10. The molecule has 0 spiro atoms. The van der Waals surface area contributed by atoms with Crippen LogP contribution in [0.3, 0.4) is 0 Å². The van der Waals surface area contributed by atoms with Crippen molar-refractivity contribution in [3.63, 3.8) is 0 Å². The average molecular weight is 270 g/mol. The fraction of sp³-hybridized carbons (Fsp3) is 0.182. The van der Waals surface area contributed by atoms with Crippen LogP contribution in [0.5, 0.6) is 0 Å². The number of hydrogen-bond acceptors (Lipinski definition) is 5. The highest BCUT2D eigenvalue weighted by atomic mass is 19.2. The van der Waals surface area contributed by atoms with Crippen molar-refractivity contribution in [2.24, 2.45) is 0 Å². The summed E-state index contributed by atoms with van der Waals surface area (Å²) in [5, 5.41) is 15.4. The Morgan fingerprint density at radius 2 is 2.16 bits per heavy atom. The molecule has 1 N–H and O–H groups in total. The molecule has 19 heavy (non-hydrogen) atoms. The van der Waals surface area contributed by atoms with Crippen LogP contribution in [0.4, 0.5) is 8.78 Å². The van der Waals surface area contributed by atoms with Gasteiger partial charge in [-0.15, -0.1) is 10.2 Å². The Kier molecular flexibility index (Phi) is 3.81. The van der Waals surface area contributed by atoms with Crippen molar-refractivity contribution in [1.82, 2.24) is 10.2 Å². The predicted molar refractivity (Wildman–Crippen MR) is 56.9 cm³/mol. The molecule has 0 amide bonds. The quantitative estimate of drug-likeness (QED) is 0.888. The monoisotopic (exact) mass is 270 g/mol. The highest BCUT2D eigenvalue weighted by Crippen LogP contribution is 2.23. The number of aliphatic carboxylic acids is 1. The van der Waals surface area contributed by atoms with Gasteiger partial charge in [-0.3, -0.25) is 0 Å². The third-order valence-electron chi connectivity index (χ3n) is 2.10. The fourth-order valence-corrected chi connectivity index (χ4v) is 1.32. The molecule has 6 nitrogen and oxygen atoms in total. The Hall–Kier alpha value is -2.35. The van der Waals surface area contributed by atoms with E-state index in [0.717, 1.165) is 6.07 Å². The summed E-state index contributed by atoms with van der Waals surface area (Å²) in [6, 6.07) is 3.55. The second kappa shape index (κ2) is 5.53. The van der Waals surface area contributed by atoms with E-state index >= 15 is 0 Å². The Morgan fingerprint density at radius 1 is 1.37 bits per heavy atom. The van der Waals surface area contributed by atoms with Gasteiger partial charge in [-0.25, -0.2) is 13.6 Å². The van der Waals surface area contributed by atoms with Crippen molar-refractivity contribution in [2.75, 3.05) is 6.61 Å². The standard InChI is InChI=1S/C11H8F2N2O4/c12-7-3-1-2-6(10(7)13)11-15-14-8(19-11)4-18-5-9(16)17/h1-3H,4-5H2,(H,16,17). The van der Waals surface area contributed by atoms with Gasteiger partial charge in [0, 0.05) is 0 Å². The molecule has 0 saturated carbocycles. The molecule has 100 valence electrons. The molecule has 0 fully saturated rings. The zero-order chi connectivity index (χ0) is 13.8. The smallest absolute Gasteiger partial charge is 0.329 e. The normalized spacial score (nSPS) is 10.6. The highest BCUT2D eigenvalue weighted by Gasteiger charge is 2.15. The predicted octanol–water partition coefficient (Wildman–Crippen LogP) is 1.62. The largest absolute Gasteiger partial charge is 0.480 e. The van der Waals surface area contributed by atoms with Crippen LogP contribution in [-0.2, 0) is 16.1 Å². The Labute approximate surface area is 105 Å². The minimum atomic E-state index is -1.14. The van der Waals surface area contributed by atoms with Crippen molar-refractivity contribution >= 4 is 5.97 Å². The first-order valence-electron chi connectivity index (χ1n) is 5.14. The summed E-state index contributed by atoms with van der Waals surface area (Å²) >= 11 is 0. The van der Waals surface area contributed by atoms with Crippen molar-refractivity contribution < 1.29 is 27.8 Å². The maximum Gasteiger partial charge on any atom is 0.329 e. The lowest BCUT2D eigenvalue weighted by atomic mass is 10.2. The fourth-order valence-electron chi connectivity index (χ4n) is 1.32. The molecule has 0 radical (unpaired) electrons. The van der Waals surface area contributed by atoms with Gasteiger partial charge in [0.05, 0.1) is 5.56 Å². The van der Waals surface area contributed by atoms with Crippen LogP contribution in [-0.4, -0.2) is 27.9 Å². The van der Waals surface area contributed by atoms with E-state index in [2.05, 4.69) is 10.2 Å². The van der Waals surface area contributed by atoms with E-state index in [4.69, 9.17) is 14.3 Å². The Balaban J connectivity index is 2.12. The second-order valence-electron chi connectivity index (χ2n) is 3.49. The number of nitrogens with zero attached hydrogens (tertiary/aromatic N) is 2. The van der Waals surface area contributed by atoms with Crippen LogP contribution < -0.4 is 0 Å². The zero-order valence-electron chi connectivity index (χ0n) is 9.47. The van der Waals surface area contributed by atoms with E-state index in [0.29, 0.717) is 0 Å².